The average Bonchev–Trinajstić information content (AvgIpc) is 2.26. The van der Waals surface area contributed by atoms with Crippen LogP contribution in [0, 0.1) is 0 Å². The molecule has 0 bridgehead atoms. The second-order valence-corrected chi connectivity index (χ2v) is 5.35. The lowest BCUT2D eigenvalue weighted by Crippen LogP contribution is -2.48. The van der Waals surface area contributed by atoms with Crippen LogP contribution in [0.3, 0.4) is 0 Å². The van der Waals surface area contributed by atoms with Crippen LogP contribution in [0.1, 0.15) is 34.1 Å². The van der Waals surface area contributed by atoms with Crippen LogP contribution in [0.2, 0.25) is 0 Å². The maximum atomic E-state index is 11.7. The number of carbonyl (C=O) groups is 1. The molecule has 4 nitrogen and oxygen atoms in total. The Morgan fingerprint density at radius 1 is 1.50 bits per heavy atom. The first-order valence-corrected chi connectivity index (χ1v) is 4.99. The van der Waals surface area contributed by atoms with Gasteiger partial charge in [0.15, 0.2) is 0 Å². The Morgan fingerprint density at radius 2 is 2.07 bits per heavy atom. The van der Waals surface area contributed by atoms with E-state index < -0.39 is 5.60 Å². The molecule has 1 atom stereocenters. The third kappa shape index (κ3) is 3.18. The second kappa shape index (κ2) is 3.42. The molecule has 1 fully saturated rings. The van der Waals surface area contributed by atoms with Gasteiger partial charge in [0.25, 0.3) is 0 Å². The maximum Gasteiger partial charge on any atom is 0.317 e. The van der Waals surface area contributed by atoms with Crippen molar-refractivity contribution in [2.24, 2.45) is 0 Å². The van der Waals surface area contributed by atoms with Crippen LogP contribution in [0.15, 0.2) is 0 Å². The van der Waals surface area contributed by atoms with E-state index in [1.807, 2.05) is 20.8 Å². The molecule has 1 heterocycles. The Labute approximate surface area is 85.3 Å². The molecule has 0 saturated carbocycles. The zero-order chi connectivity index (χ0) is 11.0. The van der Waals surface area contributed by atoms with Crippen LogP contribution in [-0.4, -0.2) is 40.3 Å². The van der Waals surface area contributed by atoms with E-state index in [4.69, 9.17) is 0 Å². The van der Waals surface area contributed by atoms with Crippen LogP contribution in [0.25, 0.3) is 0 Å². The van der Waals surface area contributed by atoms with E-state index in [0.717, 1.165) is 0 Å². The fourth-order valence-corrected chi connectivity index (χ4v) is 1.52. The van der Waals surface area contributed by atoms with Gasteiger partial charge >= 0.3 is 6.03 Å². The van der Waals surface area contributed by atoms with Crippen molar-refractivity contribution in [2.45, 2.75) is 45.3 Å². The van der Waals surface area contributed by atoms with Crippen LogP contribution >= 0.6 is 0 Å². The first kappa shape index (κ1) is 11.3. The molecule has 0 aromatic carbocycles. The Balaban J connectivity index is 2.48. The zero-order valence-electron chi connectivity index (χ0n) is 9.42. The molecule has 0 aromatic rings. The van der Waals surface area contributed by atoms with Gasteiger partial charge in [-0.15, -0.1) is 0 Å². The molecule has 1 rings (SSSR count). The average molecular weight is 200 g/mol. The number of aliphatic hydroxyl groups is 1. The SMILES string of the molecule is CC(C)(C)NC(=O)N1CC[C@@](C)(O)C1. The molecule has 4 heteroatoms. The summed E-state index contributed by atoms with van der Waals surface area (Å²) in [6, 6.07) is -0.0877. The standard InChI is InChI=1S/C10H20N2O2/c1-9(2,3)11-8(13)12-6-5-10(4,14)7-12/h14H,5-7H2,1-4H3,(H,11,13)/t10-/m1/s1. The Kier molecular flexibility index (Phi) is 2.76. The Morgan fingerprint density at radius 3 is 2.43 bits per heavy atom. The third-order valence-electron chi connectivity index (χ3n) is 2.22. The number of hydrogen-bond acceptors (Lipinski definition) is 2. The number of nitrogens with one attached hydrogen (secondary N) is 1. The van der Waals surface area contributed by atoms with E-state index in [-0.39, 0.29) is 11.6 Å². The fourth-order valence-electron chi connectivity index (χ4n) is 1.52. The van der Waals surface area contributed by atoms with Gasteiger partial charge in [0.2, 0.25) is 0 Å². The lowest BCUT2D eigenvalue weighted by Gasteiger charge is -2.26. The van der Waals surface area contributed by atoms with E-state index in [1.165, 1.54) is 0 Å². The normalized spacial score (nSPS) is 27.9. The van der Waals surface area contributed by atoms with E-state index in [9.17, 15) is 9.90 Å². The number of carbonyl (C=O) groups excluding carboxylic acids is 1. The van der Waals surface area contributed by atoms with E-state index in [0.29, 0.717) is 19.5 Å². The highest BCUT2D eigenvalue weighted by Gasteiger charge is 2.34. The Bertz CT molecular complexity index is 231. The number of nitrogens with zero attached hydrogens (tertiary/aromatic N) is 1. The van der Waals surface area contributed by atoms with Crippen molar-refractivity contribution in [2.75, 3.05) is 13.1 Å². The number of β-amino-alcohol motifs (C(OH)–C–C–N with tert-alkyl or cyclic N) is 1. The highest BCUT2D eigenvalue weighted by atomic mass is 16.3. The Hall–Kier alpha value is -0.770. The largest absolute Gasteiger partial charge is 0.388 e. The van der Waals surface area contributed by atoms with Gasteiger partial charge in [-0.3, -0.25) is 0 Å². The summed E-state index contributed by atoms with van der Waals surface area (Å²) in [7, 11) is 0. The molecule has 2 amide bonds. The summed E-state index contributed by atoms with van der Waals surface area (Å²) in [6.07, 6.45) is 0.657. The van der Waals surface area contributed by atoms with E-state index >= 15 is 0 Å². The molecular formula is C10H20N2O2. The van der Waals surface area contributed by atoms with E-state index in [2.05, 4.69) is 5.32 Å². The number of urea groups is 1. The van der Waals surface area contributed by atoms with Crippen LogP contribution in [0.5, 0.6) is 0 Å². The molecule has 2 N–H and O–H groups in total. The summed E-state index contributed by atoms with van der Waals surface area (Å²) in [5.74, 6) is 0. The van der Waals surface area contributed by atoms with Crippen molar-refractivity contribution in [3.05, 3.63) is 0 Å². The summed E-state index contributed by atoms with van der Waals surface area (Å²) in [5.41, 5.74) is -0.930. The van der Waals surface area contributed by atoms with Gasteiger partial charge in [-0.05, 0) is 34.1 Å². The van der Waals surface area contributed by atoms with Crippen LogP contribution in [-0.2, 0) is 0 Å². The van der Waals surface area contributed by atoms with Gasteiger partial charge in [0, 0.05) is 12.1 Å². The number of hydrogen-bond donors (Lipinski definition) is 2. The fraction of sp³-hybridized carbons (Fsp3) is 0.900. The summed E-state index contributed by atoms with van der Waals surface area (Å²) in [5, 5.41) is 12.6. The minimum Gasteiger partial charge on any atom is -0.388 e. The van der Waals surface area contributed by atoms with Crippen molar-refractivity contribution in [1.29, 1.82) is 0 Å². The minimum absolute atomic E-state index is 0.0877. The summed E-state index contributed by atoms with van der Waals surface area (Å²) in [4.78, 5) is 13.3. The molecule has 0 aliphatic carbocycles. The monoisotopic (exact) mass is 200 g/mol. The van der Waals surface area contributed by atoms with Crippen molar-refractivity contribution in [1.82, 2.24) is 10.2 Å². The highest BCUT2D eigenvalue weighted by Crippen LogP contribution is 2.20. The quantitative estimate of drug-likeness (QED) is 0.611. The molecule has 14 heavy (non-hydrogen) atoms. The van der Waals surface area contributed by atoms with Crippen LogP contribution < -0.4 is 5.32 Å². The van der Waals surface area contributed by atoms with Crippen molar-refractivity contribution >= 4 is 6.03 Å². The third-order valence-corrected chi connectivity index (χ3v) is 2.22. The lowest BCUT2D eigenvalue weighted by molar-refractivity contribution is 0.0714. The minimum atomic E-state index is -0.713. The highest BCUT2D eigenvalue weighted by molar-refractivity contribution is 5.75. The molecule has 0 aromatic heterocycles. The van der Waals surface area contributed by atoms with Gasteiger partial charge in [-0.25, -0.2) is 4.79 Å². The van der Waals surface area contributed by atoms with Crippen molar-refractivity contribution in [3.63, 3.8) is 0 Å². The topological polar surface area (TPSA) is 52.6 Å². The second-order valence-electron chi connectivity index (χ2n) is 5.35. The van der Waals surface area contributed by atoms with Crippen LogP contribution in [0.4, 0.5) is 4.79 Å². The molecule has 0 unspecified atom stereocenters. The first-order chi connectivity index (χ1) is 6.20. The number of rotatable bonds is 0. The summed E-state index contributed by atoms with van der Waals surface area (Å²) >= 11 is 0. The van der Waals surface area contributed by atoms with Crippen molar-refractivity contribution in [3.8, 4) is 0 Å². The molecule has 82 valence electrons. The molecule has 1 saturated heterocycles. The predicted molar refractivity (Wildman–Crippen MR) is 55.1 cm³/mol. The number of amides is 2. The molecule has 1 aliphatic heterocycles. The van der Waals surface area contributed by atoms with E-state index in [1.54, 1.807) is 11.8 Å². The number of likely N-dealkylation sites (tertiary alicyclic amines) is 1. The lowest BCUT2D eigenvalue weighted by atomic mass is 10.1. The van der Waals surface area contributed by atoms with Gasteiger partial charge in [0.1, 0.15) is 0 Å². The molecule has 1 aliphatic rings. The molecule has 0 spiro atoms. The predicted octanol–water partition coefficient (Wildman–Crippen LogP) is 0.951. The molecule has 0 radical (unpaired) electrons. The smallest absolute Gasteiger partial charge is 0.317 e. The van der Waals surface area contributed by atoms with Gasteiger partial charge in [0.05, 0.1) is 12.1 Å². The summed E-state index contributed by atoms with van der Waals surface area (Å²) in [6.45, 7) is 8.65. The first-order valence-electron chi connectivity index (χ1n) is 4.99. The molecular weight excluding hydrogens is 180 g/mol. The van der Waals surface area contributed by atoms with Gasteiger partial charge < -0.3 is 15.3 Å². The zero-order valence-corrected chi connectivity index (χ0v) is 9.42. The van der Waals surface area contributed by atoms with Gasteiger partial charge in [-0.2, -0.15) is 0 Å². The van der Waals surface area contributed by atoms with Gasteiger partial charge in [-0.1, -0.05) is 0 Å². The van der Waals surface area contributed by atoms with Crippen molar-refractivity contribution < 1.29 is 9.90 Å². The summed E-state index contributed by atoms with van der Waals surface area (Å²) < 4.78 is 0. The maximum absolute atomic E-state index is 11.7.